The number of halogens is 4. The molecule has 0 radical (unpaired) electrons. The number of carbonyl (C=O) groups excluding carboxylic acids is 1. The third kappa shape index (κ3) is 2.78. The molecule has 0 saturated carbocycles. The Hall–Kier alpha value is 0.01000. The Morgan fingerprint density at radius 2 is 1.89 bits per heavy atom. The van der Waals surface area contributed by atoms with E-state index in [-0.39, 0.29) is 37.4 Å². The van der Waals surface area contributed by atoms with E-state index in [0.29, 0.717) is 13.2 Å². The van der Waals surface area contributed by atoms with Gasteiger partial charge in [0.05, 0.1) is 32.3 Å². The topological polar surface area (TPSA) is 26.3 Å². The Labute approximate surface area is 125 Å². The predicted octanol–water partition coefficient (Wildman–Crippen LogP) is 4.91. The monoisotopic (exact) mass is 326 g/mol. The van der Waals surface area contributed by atoms with Crippen LogP contribution in [0.1, 0.15) is 23.2 Å². The minimum Gasteiger partial charge on any atom is -0.381 e. The van der Waals surface area contributed by atoms with E-state index in [1.54, 1.807) is 0 Å². The molecule has 1 aliphatic rings. The summed E-state index contributed by atoms with van der Waals surface area (Å²) in [6, 6.07) is 1.44. The maximum absolute atomic E-state index is 12.4. The first-order valence-corrected chi connectivity index (χ1v) is 6.98. The van der Waals surface area contributed by atoms with Gasteiger partial charge in [0.1, 0.15) is 0 Å². The van der Waals surface area contributed by atoms with Crippen molar-refractivity contribution in [3.8, 4) is 0 Å². The highest BCUT2D eigenvalue weighted by Gasteiger charge is 2.28. The van der Waals surface area contributed by atoms with Crippen molar-refractivity contribution in [2.45, 2.75) is 12.8 Å². The molecule has 0 aliphatic carbocycles. The number of Topliss-reactive ketones (excluding diaryl/α,β-unsaturated/α-hetero) is 1. The molecule has 98 valence electrons. The Morgan fingerprint density at radius 1 is 1.17 bits per heavy atom. The van der Waals surface area contributed by atoms with Crippen molar-refractivity contribution in [2.75, 3.05) is 13.2 Å². The zero-order valence-corrected chi connectivity index (χ0v) is 12.3. The van der Waals surface area contributed by atoms with Crippen LogP contribution in [0, 0.1) is 5.92 Å². The van der Waals surface area contributed by atoms with E-state index >= 15 is 0 Å². The van der Waals surface area contributed by atoms with Gasteiger partial charge in [-0.3, -0.25) is 4.79 Å². The SMILES string of the molecule is O=C(c1c(Cl)cc(Cl)c(Cl)c1Cl)C1CCCOC1. The molecule has 0 N–H and O–H groups in total. The zero-order chi connectivity index (χ0) is 13.3. The number of hydrogen-bond donors (Lipinski definition) is 0. The van der Waals surface area contributed by atoms with E-state index in [2.05, 4.69) is 0 Å². The smallest absolute Gasteiger partial charge is 0.171 e. The normalized spacial score (nSPS) is 19.9. The summed E-state index contributed by atoms with van der Waals surface area (Å²) in [4.78, 5) is 12.4. The first-order valence-electron chi connectivity index (χ1n) is 5.47. The van der Waals surface area contributed by atoms with Gasteiger partial charge in [-0.05, 0) is 18.9 Å². The molecule has 1 fully saturated rings. The maximum atomic E-state index is 12.4. The lowest BCUT2D eigenvalue weighted by atomic mass is 9.92. The molecule has 0 amide bonds. The molecule has 2 nitrogen and oxygen atoms in total. The fraction of sp³-hybridized carbons (Fsp3) is 0.417. The van der Waals surface area contributed by atoms with Gasteiger partial charge in [-0.25, -0.2) is 0 Å². The van der Waals surface area contributed by atoms with Crippen molar-refractivity contribution in [3.63, 3.8) is 0 Å². The Kier molecular flexibility index (Phi) is 4.79. The predicted molar refractivity (Wildman–Crippen MR) is 74.4 cm³/mol. The third-order valence-corrected chi connectivity index (χ3v) is 4.45. The third-order valence-electron chi connectivity index (χ3n) is 2.89. The molecule has 1 aliphatic heterocycles. The van der Waals surface area contributed by atoms with E-state index < -0.39 is 0 Å². The molecule has 1 unspecified atom stereocenters. The second-order valence-corrected chi connectivity index (χ2v) is 5.69. The van der Waals surface area contributed by atoms with Gasteiger partial charge >= 0.3 is 0 Å². The number of carbonyl (C=O) groups is 1. The maximum Gasteiger partial charge on any atom is 0.171 e. The van der Waals surface area contributed by atoms with Crippen LogP contribution in [0.5, 0.6) is 0 Å². The number of ether oxygens (including phenoxy) is 1. The molecule has 0 aromatic heterocycles. The first-order chi connectivity index (χ1) is 8.52. The average Bonchev–Trinajstić information content (AvgIpc) is 2.37. The van der Waals surface area contributed by atoms with Crippen molar-refractivity contribution in [3.05, 3.63) is 31.7 Å². The van der Waals surface area contributed by atoms with E-state index in [9.17, 15) is 4.79 Å². The summed E-state index contributed by atoms with van der Waals surface area (Å²) in [6.07, 6.45) is 1.62. The van der Waals surface area contributed by atoms with Crippen LogP contribution in [0.2, 0.25) is 20.1 Å². The highest BCUT2D eigenvalue weighted by molar-refractivity contribution is 6.51. The summed E-state index contributed by atoms with van der Waals surface area (Å²) >= 11 is 23.9. The van der Waals surface area contributed by atoms with Crippen LogP contribution < -0.4 is 0 Å². The molecule has 18 heavy (non-hydrogen) atoms. The number of benzene rings is 1. The lowest BCUT2D eigenvalue weighted by Gasteiger charge is -2.22. The van der Waals surface area contributed by atoms with E-state index in [0.717, 1.165) is 12.8 Å². The molecule has 1 saturated heterocycles. The van der Waals surface area contributed by atoms with Gasteiger partial charge in [0.15, 0.2) is 5.78 Å². The summed E-state index contributed by atoms with van der Waals surface area (Å²) in [5, 5.41) is 0.737. The van der Waals surface area contributed by atoms with Crippen LogP contribution in [0.3, 0.4) is 0 Å². The van der Waals surface area contributed by atoms with Gasteiger partial charge in [0.2, 0.25) is 0 Å². The van der Waals surface area contributed by atoms with Crippen molar-refractivity contribution >= 4 is 52.2 Å². The molecule has 0 bridgehead atoms. The Balaban J connectivity index is 2.38. The summed E-state index contributed by atoms with van der Waals surface area (Å²) in [5.41, 5.74) is 0.239. The molecule has 1 heterocycles. The van der Waals surface area contributed by atoms with Gasteiger partial charge in [-0.2, -0.15) is 0 Å². The summed E-state index contributed by atoms with van der Waals surface area (Å²) in [6.45, 7) is 1.08. The van der Waals surface area contributed by atoms with Crippen molar-refractivity contribution < 1.29 is 9.53 Å². The fourth-order valence-corrected chi connectivity index (χ4v) is 3.04. The average molecular weight is 328 g/mol. The van der Waals surface area contributed by atoms with Crippen molar-refractivity contribution in [1.82, 2.24) is 0 Å². The van der Waals surface area contributed by atoms with Gasteiger partial charge in [0.25, 0.3) is 0 Å². The highest BCUT2D eigenvalue weighted by atomic mass is 35.5. The lowest BCUT2D eigenvalue weighted by Crippen LogP contribution is -2.25. The second kappa shape index (κ2) is 5.98. The van der Waals surface area contributed by atoms with E-state index in [4.69, 9.17) is 51.1 Å². The molecule has 6 heteroatoms. The van der Waals surface area contributed by atoms with Gasteiger partial charge in [-0.1, -0.05) is 46.4 Å². The van der Waals surface area contributed by atoms with Crippen molar-refractivity contribution in [2.24, 2.45) is 5.92 Å². The lowest BCUT2D eigenvalue weighted by molar-refractivity contribution is 0.0461. The molecule has 1 aromatic carbocycles. The Bertz CT molecular complexity index is 481. The quantitative estimate of drug-likeness (QED) is 0.438. The van der Waals surface area contributed by atoms with E-state index in [1.807, 2.05) is 0 Å². The van der Waals surface area contributed by atoms with Crippen LogP contribution in [-0.4, -0.2) is 19.0 Å². The molecule has 0 spiro atoms. The minimum atomic E-state index is -0.217. The summed E-state index contributed by atoms with van der Waals surface area (Å²) in [7, 11) is 0. The van der Waals surface area contributed by atoms with Gasteiger partial charge in [0, 0.05) is 12.5 Å². The molecular weight excluding hydrogens is 318 g/mol. The molecular formula is C12H10Cl4O2. The van der Waals surface area contributed by atoms with Crippen molar-refractivity contribution in [1.29, 1.82) is 0 Å². The van der Waals surface area contributed by atoms with Gasteiger partial charge in [-0.15, -0.1) is 0 Å². The minimum absolute atomic E-state index is 0.116. The summed E-state index contributed by atoms with van der Waals surface area (Å²) < 4.78 is 5.29. The molecule has 2 rings (SSSR count). The number of hydrogen-bond acceptors (Lipinski definition) is 2. The van der Waals surface area contributed by atoms with E-state index in [1.165, 1.54) is 6.07 Å². The standard InChI is InChI=1S/C12H10Cl4O2/c13-7-4-8(14)10(15)11(16)9(7)12(17)6-2-1-3-18-5-6/h4,6H,1-3,5H2. The van der Waals surface area contributed by atoms with Crippen LogP contribution in [0.4, 0.5) is 0 Å². The first kappa shape index (κ1) is 14.4. The number of rotatable bonds is 2. The van der Waals surface area contributed by atoms with Crippen LogP contribution in [-0.2, 0) is 4.74 Å². The van der Waals surface area contributed by atoms with Crippen LogP contribution >= 0.6 is 46.4 Å². The molecule has 1 atom stereocenters. The summed E-state index contributed by atoms with van der Waals surface area (Å²) in [5.74, 6) is -0.353. The zero-order valence-electron chi connectivity index (χ0n) is 9.31. The van der Waals surface area contributed by atoms with Crippen LogP contribution in [0.15, 0.2) is 6.07 Å². The fourth-order valence-electron chi connectivity index (χ4n) is 1.94. The number of ketones is 1. The largest absolute Gasteiger partial charge is 0.381 e. The van der Waals surface area contributed by atoms with Gasteiger partial charge < -0.3 is 4.74 Å². The van der Waals surface area contributed by atoms with Crippen LogP contribution in [0.25, 0.3) is 0 Å². The molecule has 1 aromatic rings. The second-order valence-electron chi connectivity index (χ2n) is 4.12. The Morgan fingerprint density at radius 3 is 2.50 bits per heavy atom. The highest BCUT2D eigenvalue weighted by Crippen LogP contribution is 2.39.